The van der Waals surface area contributed by atoms with Crippen LogP contribution in [0.4, 0.5) is 30.7 Å². The van der Waals surface area contributed by atoms with Crippen LogP contribution < -0.4 is 5.32 Å². The minimum Gasteiger partial charge on any atom is -0.355 e. The van der Waals surface area contributed by atoms with Gasteiger partial charge in [0.15, 0.2) is 0 Å². The highest BCUT2D eigenvalue weighted by molar-refractivity contribution is 14.1. The number of carbonyl (C=O) groups is 1. The van der Waals surface area contributed by atoms with Gasteiger partial charge in [0.2, 0.25) is 5.91 Å². The molecule has 0 aliphatic heterocycles. The summed E-state index contributed by atoms with van der Waals surface area (Å²) in [4.78, 5) is 11.5. The average molecular weight is 479 g/mol. The molecule has 0 radical (unpaired) electrons. The van der Waals surface area contributed by atoms with Crippen LogP contribution in [0.25, 0.3) is 0 Å². The number of hydrogen-bond acceptors (Lipinski definition) is 1. The number of carbonyl (C=O) groups excluding carboxylic acids is 1. The second-order valence-electron chi connectivity index (χ2n) is 5.57. The Balaban J connectivity index is 4.37. The first-order chi connectivity index (χ1) is 10.8. The van der Waals surface area contributed by atoms with Crippen molar-refractivity contribution in [3.63, 3.8) is 0 Å². The first kappa shape index (κ1) is 23.7. The number of rotatable bonds is 10. The summed E-state index contributed by atoms with van der Waals surface area (Å²) in [5.41, 5.74) is -5.28. The molecule has 0 bridgehead atoms. The predicted octanol–water partition coefficient (Wildman–Crippen LogP) is 5.49. The van der Waals surface area contributed by atoms with Gasteiger partial charge in [-0.2, -0.15) is 26.3 Å². The van der Waals surface area contributed by atoms with Crippen molar-refractivity contribution >= 4 is 28.5 Å². The number of hydrogen-bond donors (Lipinski definition) is 1. The fourth-order valence-corrected chi connectivity index (χ4v) is 2.80. The molecule has 2 nitrogen and oxygen atoms in total. The Morgan fingerprint density at radius 2 is 1.46 bits per heavy atom. The summed E-state index contributed by atoms with van der Waals surface area (Å²) in [5, 5.41) is 2.25. The standard InChI is InChI=1S/C14H21F7INO/c1-2-3-4-5-6-7-11(24)23-9-10(22)8-12(15,13(16,17)18)14(19,20)21/h10H,2-9H2,1H3,(H,23,24). The molecule has 1 atom stereocenters. The molecule has 0 aliphatic rings. The van der Waals surface area contributed by atoms with Gasteiger partial charge in [0.05, 0.1) is 0 Å². The first-order valence-corrected chi connectivity index (χ1v) is 8.83. The lowest BCUT2D eigenvalue weighted by Gasteiger charge is -2.31. The Morgan fingerprint density at radius 1 is 0.958 bits per heavy atom. The maximum absolute atomic E-state index is 13.5. The summed E-state index contributed by atoms with van der Waals surface area (Å²) in [6.45, 7) is 1.58. The van der Waals surface area contributed by atoms with Crippen molar-refractivity contribution < 1.29 is 35.5 Å². The molecule has 0 spiro atoms. The highest BCUT2D eigenvalue weighted by Gasteiger charge is 2.72. The number of nitrogens with one attached hydrogen (secondary N) is 1. The highest BCUT2D eigenvalue weighted by Crippen LogP contribution is 2.49. The average Bonchev–Trinajstić information content (AvgIpc) is 2.42. The normalized spacial score (nSPS) is 14.5. The van der Waals surface area contributed by atoms with E-state index in [2.05, 4.69) is 5.32 Å². The van der Waals surface area contributed by atoms with Gasteiger partial charge in [-0.1, -0.05) is 55.2 Å². The van der Waals surface area contributed by atoms with Crippen LogP contribution in [0.5, 0.6) is 0 Å². The lowest BCUT2D eigenvalue weighted by Crippen LogP contribution is -2.55. The van der Waals surface area contributed by atoms with Crippen LogP contribution in [0.1, 0.15) is 51.9 Å². The zero-order valence-electron chi connectivity index (χ0n) is 13.2. The van der Waals surface area contributed by atoms with Gasteiger partial charge in [0.1, 0.15) is 0 Å². The van der Waals surface area contributed by atoms with Crippen molar-refractivity contribution in [2.24, 2.45) is 0 Å². The highest BCUT2D eigenvalue weighted by atomic mass is 127. The molecule has 0 aromatic heterocycles. The van der Waals surface area contributed by atoms with E-state index in [1.807, 2.05) is 6.92 Å². The van der Waals surface area contributed by atoms with E-state index in [0.717, 1.165) is 25.7 Å². The molecule has 1 unspecified atom stereocenters. The quantitative estimate of drug-likeness (QED) is 0.191. The molecule has 0 rings (SSSR count). The summed E-state index contributed by atoms with van der Waals surface area (Å²) < 4.78 is 86.8. The zero-order valence-corrected chi connectivity index (χ0v) is 15.3. The zero-order chi connectivity index (χ0) is 19.0. The van der Waals surface area contributed by atoms with Crippen LogP contribution in [-0.2, 0) is 4.79 Å². The Labute approximate surface area is 150 Å². The largest absolute Gasteiger partial charge is 0.431 e. The lowest BCUT2D eigenvalue weighted by molar-refractivity contribution is -0.342. The van der Waals surface area contributed by atoms with Gasteiger partial charge in [-0.05, 0) is 6.42 Å². The predicted molar refractivity (Wildman–Crippen MR) is 84.8 cm³/mol. The van der Waals surface area contributed by atoms with Crippen molar-refractivity contribution in [3.05, 3.63) is 0 Å². The fourth-order valence-electron chi connectivity index (χ4n) is 1.97. The van der Waals surface area contributed by atoms with Crippen LogP contribution >= 0.6 is 22.6 Å². The van der Waals surface area contributed by atoms with Crippen molar-refractivity contribution in [1.82, 2.24) is 5.32 Å². The maximum Gasteiger partial charge on any atom is 0.431 e. The number of unbranched alkanes of at least 4 members (excludes halogenated alkanes) is 4. The maximum atomic E-state index is 13.5. The molecule has 1 amide bonds. The SMILES string of the molecule is CCCCCCCC(=O)NCC(I)CC(F)(C(F)(F)F)C(F)(F)F. The van der Waals surface area contributed by atoms with E-state index in [4.69, 9.17) is 0 Å². The minimum absolute atomic E-state index is 0.145. The van der Waals surface area contributed by atoms with Crippen molar-refractivity contribution in [2.75, 3.05) is 6.54 Å². The topological polar surface area (TPSA) is 29.1 Å². The van der Waals surface area contributed by atoms with E-state index in [1.165, 1.54) is 22.6 Å². The van der Waals surface area contributed by atoms with Crippen LogP contribution in [0.3, 0.4) is 0 Å². The Hall–Kier alpha value is -0.290. The molecule has 24 heavy (non-hydrogen) atoms. The van der Waals surface area contributed by atoms with E-state index < -0.39 is 40.8 Å². The van der Waals surface area contributed by atoms with Gasteiger partial charge in [0.25, 0.3) is 5.67 Å². The second-order valence-corrected chi connectivity index (χ2v) is 7.33. The van der Waals surface area contributed by atoms with Crippen molar-refractivity contribution in [2.45, 2.75) is 73.8 Å². The van der Waals surface area contributed by atoms with Crippen LogP contribution in [0, 0.1) is 0 Å². The van der Waals surface area contributed by atoms with Gasteiger partial charge >= 0.3 is 12.4 Å². The van der Waals surface area contributed by atoms with Gasteiger partial charge in [-0.15, -0.1) is 0 Å². The summed E-state index contributed by atoms with van der Waals surface area (Å²) in [5.74, 6) is -0.461. The van der Waals surface area contributed by atoms with Crippen LogP contribution in [0.2, 0.25) is 0 Å². The van der Waals surface area contributed by atoms with Gasteiger partial charge < -0.3 is 5.32 Å². The molecule has 1 N–H and O–H groups in total. The minimum atomic E-state index is -6.06. The molecule has 0 saturated carbocycles. The molecular formula is C14H21F7INO. The van der Waals surface area contributed by atoms with Crippen LogP contribution in [-0.4, -0.2) is 34.4 Å². The van der Waals surface area contributed by atoms with E-state index in [0.29, 0.717) is 6.42 Å². The molecule has 0 aliphatic carbocycles. The smallest absolute Gasteiger partial charge is 0.355 e. The van der Waals surface area contributed by atoms with Crippen LogP contribution in [0.15, 0.2) is 0 Å². The van der Waals surface area contributed by atoms with E-state index >= 15 is 0 Å². The fraction of sp³-hybridized carbons (Fsp3) is 0.929. The number of amides is 1. The van der Waals surface area contributed by atoms with Gasteiger partial charge in [0, 0.05) is 23.3 Å². The Kier molecular flexibility index (Phi) is 9.88. The molecular weight excluding hydrogens is 458 g/mol. The molecule has 10 heteroatoms. The molecule has 0 heterocycles. The van der Waals surface area contributed by atoms with Crippen molar-refractivity contribution in [3.8, 4) is 0 Å². The third kappa shape index (κ3) is 7.73. The van der Waals surface area contributed by atoms with E-state index in [1.54, 1.807) is 0 Å². The monoisotopic (exact) mass is 479 g/mol. The van der Waals surface area contributed by atoms with E-state index in [-0.39, 0.29) is 6.42 Å². The van der Waals surface area contributed by atoms with Crippen molar-refractivity contribution in [1.29, 1.82) is 0 Å². The van der Waals surface area contributed by atoms with E-state index in [9.17, 15) is 35.5 Å². The van der Waals surface area contributed by atoms with Gasteiger partial charge in [-0.3, -0.25) is 4.79 Å². The third-order valence-electron chi connectivity index (χ3n) is 3.43. The second kappa shape index (κ2) is 10.0. The number of alkyl halides is 8. The summed E-state index contributed by atoms with van der Waals surface area (Å²) in [7, 11) is 0. The molecule has 0 fully saturated rings. The molecule has 144 valence electrons. The number of halogens is 8. The Morgan fingerprint density at radius 3 is 1.92 bits per heavy atom. The third-order valence-corrected chi connectivity index (χ3v) is 4.31. The molecule has 0 aromatic rings. The summed E-state index contributed by atoms with van der Waals surface area (Å²) >= 11 is 1.28. The summed E-state index contributed by atoms with van der Waals surface area (Å²) in [6, 6.07) is 0. The Bertz CT molecular complexity index is 370. The first-order valence-electron chi connectivity index (χ1n) is 7.58. The van der Waals surface area contributed by atoms with Gasteiger partial charge in [-0.25, -0.2) is 4.39 Å². The summed E-state index contributed by atoms with van der Waals surface area (Å²) in [6.07, 6.45) is -9.32. The lowest BCUT2D eigenvalue weighted by atomic mass is 9.98. The molecule has 0 aromatic carbocycles. The molecule has 0 saturated heterocycles.